The third kappa shape index (κ3) is 5.20. The molecule has 1 fully saturated rings. The molecule has 0 bridgehead atoms. The highest BCUT2D eigenvalue weighted by atomic mass is 32.2. The molecule has 0 saturated carbocycles. The van der Waals surface area contributed by atoms with Gasteiger partial charge in [0.05, 0.1) is 6.26 Å². The SMILES string of the molecule is Cc1ccc(C)c(Sc2ccc(NC(=O)C3CCN(C(=O)c4ccco4)CC3)cc2)c1. The average molecular weight is 435 g/mol. The zero-order valence-corrected chi connectivity index (χ0v) is 18.6. The molecule has 6 heteroatoms. The Balaban J connectivity index is 1.30. The van der Waals surface area contributed by atoms with Crippen molar-refractivity contribution in [1.82, 2.24) is 4.90 Å². The molecule has 1 aromatic heterocycles. The smallest absolute Gasteiger partial charge is 0.289 e. The number of furan rings is 1. The molecule has 2 heterocycles. The maximum Gasteiger partial charge on any atom is 0.289 e. The summed E-state index contributed by atoms with van der Waals surface area (Å²) in [4.78, 5) is 29.2. The van der Waals surface area contributed by atoms with E-state index in [0.29, 0.717) is 31.7 Å². The topological polar surface area (TPSA) is 62.6 Å². The van der Waals surface area contributed by atoms with Gasteiger partial charge in [-0.2, -0.15) is 0 Å². The molecule has 0 radical (unpaired) electrons. The first kappa shape index (κ1) is 21.2. The van der Waals surface area contributed by atoms with E-state index in [9.17, 15) is 9.59 Å². The first-order valence-electron chi connectivity index (χ1n) is 10.5. The fourth-order valence-electron chi connectivity index (χ4n) is 3.70. The lowest BCUT2D eigenvalue weighted by atomic mass is 9.95. The molecule has 1 saturated heterocycles. The highest BCUT2D eigenvalue weighted by Gasteiger charge is 2.28. The summed E-state index contributed by atoms with van der Waals surface area (Å²) in [6.07, 6.45) is 2.80. The van der Waals surface area contributed by atoms with Crippen molar-refractivity contribution in [2.24, 2.45) is 5.92 Å². The number of anilines is 1. The van der Waals surface area contributed by atoms with Crippen LogP contribution in [0.5, 0.6) is 0 Å². The van der Waals surface area contributed by atoms with Crippen LogP contribution in [0.1, 0.15) is 34.5 Å². The van der Waals surface area contributed by atoms with Gasteiger partial charge in [-0.1, -0.05) is 23.9 Å². The molecule has 5 nitrogen and oxygen atoms in total. The monoisotopic (exact) mass is 434 g/mol. The predicted octanol–water partition coefficient (Wildman–Crippen LogP) is 5.54. The minimum absolute atomic E-state index is 0.0139. The number of rotatable bonds is 5. The van der Waals surface area contributed by atoms with Crippen molar-refractivity contribution in [2.75, 3.05) is 18.4 Å². The largest absolute Gasteiger partial charge is 0.459 e. The maximum atomic E-state index is 12.7. The van der Waals surface area contributed by atoms with Crippen molar-refractivity contribution < 1.29 is 14.0 Å². The zero-order valence-electron chi connectivity index (χ0n) is 17.8. The number of carbonyl (C=O) groups excluding carboxylic acids is 2. The van der Waals surface area contributed by atoms with Gasteiger partial charge in [-0.3, -0.25) is 9.59 Å². The van der Waals surface area contributed by atoms with Crippen LogP contribution in [0, 0.1) is 19.8 Å². The van der Waals surface area contributed by atoms with E-state index in [0.717, 1.165) is 10.6 Å². The van der Waals surface area contributed by atoms with Gasteiger partial charge in [-0.15, -0.1) is 0 Å². The highest BCUT2D eigenvalue weighted by Crippen LogP contribution is 2.32. The van der Waals surface area contributed by atoms with Gasteiger partial charge in [0.25, 0.3) is 5.91 Å². The summed E-state index contributed by atoms with van der Waals surface area (Å²) in [5.41, 5.74) is 3.29. The van der Waals surface area contributed by atoms with Crippen LogP contribution < -0.4 is 5.32 Å². The van der Waals surface area contributed by atoms with Crippen molar-refractivity contribution >= 4 is 29.3 Å². The van der Waals surface area contributed by atoms with E-state index in [-0.39, 0.29) is 17.7 Å². The summed E-state index contributed by atoms with van der Waals surface area (Å²) < 4.78 is 5.19. The number of aryl methyl sites for hydroxylation is 2. The van der Waals surface area contributed by atoms with Crippen LogP contribution in [0.4, 0.5) is 5.69 Å². The molecular formula is C25H26N2O3S. The highest BCUT2D eigenvalue weighted by molar-refractivity contribution is 7.99. The van der Waals surface area contributed by atoms with Crippen LogP contribution in [0.3, 0.4) is 0 Å². The van der Waals surface area contributed by atoms with Crippen molar-refractivity contribution in [3.8, 4) is 0 Å². The van der Waals surface area contributed by atoms with Gasteiger partial charge in [-0.05, 0) is 80.3 Å². The number of benzene rings is 2. The number of hydrogen-bond donors (Lipinski definition) is 1. The van der Waals surface area contributed by atoms with E-state index in [1.54, 1.807) is 28.8 Å². The molecule has 0 atom stereocenters. The minimum atomic E-state index is -0.110. The molecule has 0 spiro atoms. The summed E-state index contributed by atoms with van der Waals surface area (Å²) in [6, 6.07) is 17.8. The number of nitrogens with zero attached hydrogens (tertiary/aromatic N) is 1. The second-order valence-corrected chi connectivity index (χ2v) is 9.04. The molecular weight excluding hydrogens is 408 g/mol. The first-order chi connectivity index (χ1) is 15.0. The Morgan fingerprint density at radius 2 is 1.77 bits per heavy atom. The van der Waals surface area contributed by atoms with Crippen molar-refractivity contribution in [2.45, 2.75) is 36.5 Å². The van der Waals surface area contributed by atoms with Gasteiger partial charge in [0.2, 0.25) is 5.91 Å². The standard InChI is InChI=1S/C25H26N2O3S/c1-17-5-6-18(2)23(16-17)31-21-9-7-20(8-10-21)26-24(28)19-11-13-27(14-12-19)25(29)22-4-3-15-30-22/h3-10,15-16,19H,11-14H2,1-2H3,(H,26,28). The van der Waals surface area contributed by atoms with Crippen LogP contribution in [0.2, 0.25) is 0 Å². The van der Waals surface area contributed by atoms with Gasteiger partial charge in [-0.25, -0.2) is 0 Å². The Hall–Kier alpha value is -2.99. The minimum Gasteiger partial charge on any atom is -0.459 e. The lowest BCUT2D eigenvalue weighted by Crippen LogP contribution is -2.41. The van der Waals surface area contributed by atoms with Gasteiger partial charge >= 0.3 is 0 Å². The average Bonchev–Trinajstić information content (AvgIpc) is 3.32. The number of nitrogens with one attached hydrogen (secondary N) is 1. The number of amides is 2. The Bertz CT molecular complexity index is 1050. The Kier molecular flexibility index (Phi) is 6.47. The molecule has 4 rings (SSSR count). The van der Waals surface area contributed by atoms with E-state index in [1.165, 1.54) is 22.3 Å². The van der Waals surface area contributed by atoms with E-state index in [1.807, 2.05) is 24.3 Å². The van der Waals surface area contributed by atoms with Crippen molar-refractivity contribution in [3.63, 3.8) is 0 Å². The maximum absolute atomic E-state index is 12.7. The molecule has 1 aliphatic heterocycles. The van der Waals surface area contributed by atoms with Gasteiger partial charge < -0.3 is 14.6 Å². The fourth-order valence-corrected chi connectivity index (χ4v) is 4.70. The van der Waals surface area contributed by atoms with Crippen LogP contribution in [0.15, 0.2) is 75.1 Å². The summed E-state index contributed by atoms with van der Waals surface area (Å²) in [6.45, 7) is 5.33. The lowest BCUT2D eigenvalue weighted by molar-refractivity contribution is -0.121. The van der Waals surface area contributed by atoms with E-state index in [4.69, 9.17) is 4.42 Å². The van der Waals surface area contributed by atoms with Crippen LogP contribution >= 0.6 is 11.8 Å². The normalized spacial score (nSPS) is 14.5. The van der Waals surface area contributed by atoms with E-state index in [2.05, 4.69) is 37.4 Å². The van der Waals surface area contributed by atoms with Crippen LogP contribution in [-0.4, -0.2) is 29.8 Å². The third-order valence-corrected chi connectivity index (χ3v) is 6.75. The lowest BCUT2D eigenvalue weighted by Gasteiger charge is -2.30. The van der Waals surface area contributed by atoms with Crippen molar-refractivity contribution in [1.29, 1.82) is 0 Å². The number of likely N-dealkylation sites (tertiary alicyclic amines) is 1. The summed E-state index contributed by atoms with van der Waals surface area (Å²) in [7, 11) is 0. The van der Waals surface area contributed by atoms with Gasteiger partial charge in [0.1, 0.15) is 0 Å². The molecule has 31 heavy (non-hydrogen) atoms. The van der Waals surface area contributed by atoms with Crippen molar-refractivity contribution in [3.05, 3.63) is 77.7 Å². The predicted molar refractivity (Wildman–Crippen MR) is 122 cm³/mol. The molecule has 2 aromatic carbocycles. The van der Waals surface area contributed by atoms with Crippen LogP contribution in [-0.2, 0) is 4.79 Å². The van der Waals surface area contributed by atoms with Crippen LogP contribution in [0.25, 0.3) is 0 Å². The molecule has 3 aromatic rings. The van der Waals surface area contributed by atoms with E-state index >= 15 is 0 Å². The number of piperidine rings is 1. The Labute approximate surface area is 186 Å². The zero-order chi connectivity index (χ0) is 21.8. The summed E-state index contributed by atoms with van der Waals surface area (Å²) >= 11 is 1.73. The molecule has 0 unspecified atom stereocenters. The Morgan fingerprint density at radius 3 is 2.45 bits per heavy atom. The second-order valence-electron chi connectivity index (χ2n) is 7.93. The molecule has 160 valence electrons. The summed E-state index contributed by atoms with van der Waals surface area (Å²) in [5.74, 6) is 0.159. The summed E-state index contributed by atoms with van der Waals surface area (Å²) in [5, 5.41) is 3.02. The molecule has 1 aliphatic rings. The van der Waals surface area contributed by atoms with Gasteiger partial charge in [0.15, 0.2) is 5.76 Å². The number of hydrogen-bond acceptors (Lipinski definition) is 4. The van der Waals surface area contributed by atoms with Gasteiger partial charge in [0, 0.05) is 34.5 Å². The molecule has 2 amide bonds. The first-order valence-corrected chi connectivity index (χ1v) is 11.3. The fraction of sp³-hybridized carbons (Fsp3) is 0.280. The van der Waals surface area contributed by atoms with E-state index < -0.39 is 0 Å². The molecule has 0 aliphatic carbocycles. The third-order valence-electron chi connectivity index (χ3n) is 5.58. The second kappa shape index (κ2) is 9.43. The molecule has 1 N–H and O–H groups in total. The quantitative estimate of drug-likeness (QED) is 0.573. The number of carbonyl (C=O) groups is 2. The Morgan fingerprint density at radius 1 is 1.03 bits per heavy atom.